The van der Waals surface area contributed by atoms with Gasteiger partial charge in [-0.2, -0.15) is 4.31 Å². The second-order valence-corrected chi connectivity index (χ2v) is 7.10. The summed E-state index contributed by atoms with van der Waals surface area (Å²) in [7, 11) is -2.94. The van der Waals surface area contributed by atoms with Gasteiger partial charge in [0.15, 0.2) is 28.2 Å². The zero-order chi connectivity index (χ0) is 16.5. The van der Waals surface area contributed by atoms with Crippen LogP contribution in [0.25, 0.3) is 0 Å². The van der Waals surface area contributed by atoms with Gasteiger partial charge in [-0.25, -0.2) is 26.0 Å². The van der Waals surface area contributed by atoms with Crippen LogP contribution in [0.5, 0.6) is 0 Å². The van der Waals surface area contributed by atoms with Crippen LogP contribution in [0.1, 0.15) is 12.8 Å². The van der Waals surface area contributed by atoms with Crippen LogP contribution in [0.2, 0.25) is 0 Å². The molecule has 1 fully saturated rings. The van der Waals surface area contributed by atoms with Gasteiger partial charge in [-0.05, 0) is 32.4 Å². The lowest BCUT2D eigenvalue weighted by Gasteiger charge is -2.32. The van der Waals surface area contributed by atoms with Crippen molar-refractivity contribution in [1.29, 1.82) is 0 Å². The minimum absolute atomic E-state index is 0. The molecular formula is C13H17ClF4N2O2S. The number of benzene rings is 1. The van der Waals surface area contributed by atoms with Crippen LogP contribution >= 0.6 is 12.4 Å². The summed E-state index contributed by atoms with van der Waals surface area (Å²) in [6.45, 7) is 0.633. The quantitative estimate of drug-likeness (QED) is 0.648. The Morgan fingerprint density at radius 1 is 1.22 bits per heavy atom. The van der Waals surface area contributed by atoms with Crippen molar-refractivity contribution >= 4 is 22.4 Å². The third kappa shape index (κ3) is 3.96. The van der Waals surface area contributed by atoms with Gasteiger partial charge in [0.2, 0.25) is 10.0 Å². The molecule has 1 aliphatic heterocycles. The number of sulfonamides is 1. The van der Waals surface area contributed by atoms with Gasteiger partial charge in [0.05, 0.1) is 0 Å². The molecule has 2 rings (SSSR count). The highest BCUT2D eigenvalue weighted by molar-refractivity contribution is 7.89. The van der Waals surface area contributed by atoms with Crippen molar-refractivity contribution in [2.45, 2.75) is 17.7 Å². The largest absolute Gasteiger partial charge is 0.319 e. The fraction of sp³-hybridized carbons (Fsp3) is 0.538. The predicted molar refractivity (Wildman–Crippen MR) is 78.9 cm³/mol. The minimum Gasteiger partial charge on any atom is -0.319 e. The van der Waals surface area contributed by atoms with E-state index >= 15 is 0 Å². The summed E-state index contributed by atoms with van der Waals surface area (Å²) in [6, 6.07) is -0.0102. The summed E-state index contributed by atoms with van der Waals surface area (Å²) < 4.78 is 79.6. The molecule has 0 saturated carbocycles. The number of piperidine rings is 1. The highest BCUT2D eigenvalue weighted by Crippen LogP contribution is 2.29. The van der Waals surface area contributed by atoms with Crippen LogP contribution in [0, 0.1) is 29.2 Å². The van der Waals surface area contributed by atoms with E-state index in [1.54, 1.807) is 7.05 Å². The molecule has 0 radical (unpaired) electrons. The van der Waals surface area contributed by atoms with E-state index in [-0.39, 0.29) is 37.5 Å². The van der Waals surface area contributed by atoms with E-state index in [9.17, 15) is 26.0 Å². The molecule has 1 aliphatic rings. The maximum absolute atomic E-state index is 13.7. The number of nitrogens with one attached hydrogen (secondary N) is 1. The van der Waals surface area contributed by atoms with Gasteiger partial charge < -0.3 is 5.32 Å². The lowest BCUT2D eigenvalue weighted by Crippen LogP contribution is -2.43. The van der Waals surface area contributed by atoms with Gasteiger partial charge in [0.25, 0.3) is 0 Å². The van der Waals surface area contributed by atoms with E-state index in [4.69, 9.17) is 0 Å². The normalized spacial score (nSPS) is 19.4. The molecule has 0 amide bonds. The Morgan fingerprint density at radius 2 is 1.78 bits per heavy atom. The van der Waals surface area contributed by atoms with E-state index < -0.39 is 38.2 Å². The molecule has 23 heavy (non-hydrogen) atoms. The van der Waals surface area contributed by atoms with Crippen LogP contribution < -0.4 is 5.32 Å². The van der Waals surface area contributed by atoms with Gasteiger partial charge in [0.1, 0.15) is 0 Å². The van der Waals surface area contributed by atoms with Crippen LogP contribution in [-0.2, 0) is 10.0 Å². The third-order valence-electron chi connectivity index (χ3n) is 3.64. The summed E-state index contributed by atoms with van der Waals surface area (Å²) in [5.41, 5.74) is 0. The number of nitrogens with zero attached hydrogens (tertiary/aromatic N) is 1. The van der Waals surface area contributed by atoms with Gasteiger partial charge in [-0.3, -0.25) is 0 Å². The van der Waals surface area contributed by atoms with Crippen molar-refractivity contribution < 1.29 is 26.0 Å². The van der Waals surface area contributed by atoms with Crippen molar-refractivity contribution in [3.05, 3.63) is 29.3 Å². The molecule has 1 aromatic rings. The summed E-state index contributed by atoms with van der Waals surface area (Å²) >= 11 is 0. The first-order valence-electron chi connectivity index (χ1n) is 6.76. The van der Waals surface area contributed by atoms with Crippen molar-refractivity contribution in [3.63, 3.8) is 0 Å². The van der Waals surface area contributed by atoms with Crippen molar-refractivity contribution in [3.8, 4) is 0 Å². The third-order valence-corrected chi connectivity index (χ3v) is 5.53. The number of rotatable bonds is 4. The molecule has 0 spiro atoms. The molecule has 132 valence electrons. The Labute approximate surface area is 138 Å². The van der Waals surface area contributed by atoms with Gasteiger partial charge >= 0.3 is 0 Å². The average molecular weight is 377 g/mol. The lowest BCUT2D eigenvalue weighted by atomic mass is 10.00. The Hall–Kier alpha value is -0.900. The predicted octanol–water partition coefficient (Wildman–Crippen LogP) is 2.28. The van der Waals surface area contributed by atoms with Gasteiger partial charge in [-0.15, -0.1) is 12.4 Å². The first-order valence-corrected chi connectivity index (χ1v) is 8.20. The smallest absolute Gasteiger partial charge is 0.249 e. The second-order valence-electron chi connectivity index (χ2n) is 5.23. The summed E-state index contributed by atoms with van der Waals surface area (Å²) in [6.07, 6.45) is 1.27. The average Bonchev–Trinajstić information content (AvgIpc) is 2.46. The number of halogens is 5. The fourth-order valence-corrected chi connectivity index (χ4v) is 4.29. The highest BCUT2D eigenvalue weighted by Gasteiger charge is 2.36. The van der Waals surface area contributed by atoms with E-state index in [1.807, 2.05) is 0 Å². The molecule has 0 bridgehead atoms. The maximum Gasteiger partial charge on any atom is 0.249 e. The molecule has 4 nitrogen and oxygen atoms in total. The second kappa shape index (κ2) is 7.78. The zero-order valence-corrected chi connectivity index (χ0v) is 13.9. The monoisotopic (exact) mass is 376 g/mol. The van der Waals surface area contributed by atoms with E-state index in [2.05, 4.69) is 5.32 Å². The van der Waals surface area contributed by atoms with Crippen molar-refractivity contribution in [2.75, 3.05) is 26.7 Å². The Morgan fingerprint density at radius 3 is 2.30 bits per heavy atom. The van der Waals surface area contributed by atoms with Crippen LogP contribution in [-0.4, -0.2) is 39.4 Å². The van der Waals surface area contributed by atoms with Crippen molar-refractivity contribution in [2.24, 2.45) is 5.92 Å². The Kier molecular flexibility index (Phi) is 6.81. The Bertz CT molecular complexity index is 644. The molecule has 0 aromatic heterocycles. The van der Waals surface area contributed by atoms with E-state index in [1.165, 1.54) is 0 Å². The molecule has 10 heteroatoms. The molecule has 0 aliphatic carbocycles. The molecule has 1 N–H and O–H groups in total. The van der Waals surface area contributed by atoms with Gasteiger partial charge in [0, 0.05) is 19.2 Å². The maximum atomic E-state index is 13.7. The van der Waals surface area contributed by atoms with Crippen LogP contribution in [0.3, 0.4) is 0 Å². The fourth-order valence-electron chi connectivity index (χ4n) is 2.61. The van der Waals surface area contributed by atoms with E-state index in [0.717, 1.165) is 10.7 Å². The minimum atomic E-state index is -4.64. The number of hydrogen-bond acceptors (Lipinski definition) is 3. The van der Waals surface area contributed by atoms with Crippen LogP contribution in [0.4, 0.5) is 17.6 Å². The van der Waals surface area contributed by atoms with Gasteiger partial charge in [-0.1, -0.05) is 0 Å². The zero-order valence-electron chi connectivity index (χ0n) is 12.3. The standard InChI is InChI=1S/C13H16F4N2O2S.ClH/c1-18-6-8-3-2-4-19(7-8)22(20,21)13-11(16)9(14)5-10(15)12(13)17;/h5,8,18H,2-4,6-7H2,1H3;1H. The molecule has 1 aromatic carbocycles. The summed E-state index contributed by atoms with van der Waals surface area (Å²) in [5, 5.41) is 2.90. The molecule has 1 atom stereocenters. The molecule has 1 heterocycles. The molecular weight excluding hydrogens is 360 g/mol. The lowest BCUT2D eigenvalue weighted by molar-refractivity contribution is 0.261. The van der Waals surface area contributed by atoms with E-state index in [0.29, 0.717) is 13.0 Å². The SMILES string of the molecule is CNCC1CCCN(S(=O)(=O)c2c(F)c(F)cc(F)c2F)C1.Cl. The highest BCUT2D eigenvalue weighted by atomic mass is 35.5. The molecule has 1 unspecified atom stereocenters. The van der Waals surface area contributed by atoms with Crippen molar-refractivity contribution in [1.82, 2.24) is 9.62 Å². The molecule has 1 saturated heterocycles. The first-order chi connectivity index (χ1) is 10.3. The Balaban J connectivity index is 0.00000264. The summed E-state index contributed by atoms with van der Waals surface area (Å²) in [5.74, 6) is -7.29. The number of hydrogen-bond donors (Lipinski definition) is 1. The first kappa shape index (κ1) is 20.1. The van der Waals surface area contributed by atoms with Crippen LogP contribution in [0.15, 0.2) is 11.0 Å². The topological polar surface area (TPSA) is 49.4 Å². The summed E-state index contributed by atoms with van der Waals surface area (Å²) in [4.78, 5) is -1.56.